The molecule has 2 unspecified atom stereocenters. The van der Waals surface area contributed by atoms with Crippen LogP contribution in [0.1, 0.15) is 33.1 Å². The monoisotopic (exact) mass is 582 g/mol. The van der Waals surface area contributed by atoms with Gasteiger partial charge in [0.2, 0.25) is 0 Å². The highest BCUT2D eigenvalue weighted by atomic mass is 31.2. The van der Waals surface area contributed by atoms with E-state index in [0.29, 0.717) is 21.2 Å². The van der Waals surface area contributed by atoms with Crippen LogP contribution in [0.5, 0.6) is 0 Å². The standard InChI is InChI=1S/2C12H11O2P.C8H18O2/c2*13-15(14,11-7-3-1-4-8-11)12-9-5-2-6-10-12;1-3-5-8(10)7(4-2)6-9/h2*1-10H,(H,13,14);7-10H,3-6H2,1-2H3. The van der Waals surface area contributed by atoms with Crippen LogP contribution in [-0.4, -0.2) is 32.7 Å². The largest absolute Gasteiger partial charge is 0.396 e. The average Bonchev–Trinajstić information content (AvgIpc) is 3.00. The molecular weight excluding hydrogens is 542 g/mol. The second-order valence-electron chi connectivity index (χ2n) is 9.20. The molecule has 0 amide bonds. The summed E-state index contributed by atoms with van der Waals surface area (Å²) >= 11 is 0. The highest BCUT2D eigenvalue weighted by Crippen LogP contribution is 2.38. The van der Waals surface area contributed by atoms with Gasteiger partial charge in [-0.15, -0.1) is 0 Å². The topological polar surface area (TPSA) is 115 Å². The van der Waals surface area contributed by atoms with Crippen LogP contribution in [0.2, 0.25) is 0 Å². The van der Waals surface area contributed by atoms with E-state index in [1.54, 1.807) is 97.1 Å². The SMILES string of the molecule is CCCC(O)C(CC)CO.O=P(O)(c1ccccc1)c1ccccc1.O=P(O)(c1ccccc1)c1ccccc1. The van der Waals surface area contributed by atoms with E-state index in [1.807, 2.05) is 38.1 Å². The quantitative estimate of drug-likeness (QED) is 0.207. The van der Waals surface area contributed by atoms with Crippen molar-refractivity contribution < 1.29 is 29.1 Å². The van der Waals surface area contributed by atoms with Gasteiger partial charge in [-0.3, -0.25) is 9.13 Å². The Kier molecular flexibility index (Phi) is 14.3. The molecule has 0 saturated carbocycles. The summed E-state index contributed by atoms with van der Waals surface area (Å²) in [4.78, 5) is 20.0. The maximum Gasteiger partial charge on any atom is 0.258 e. The van der Waals surface area contributed by atoms with Crippen molar-refractivity contribution in [2.45, 2.75) is 39.2 Å². The zero-order valence-electron chi connectivity index (χ0n) is 23.0. The molecule has 0 bridgehead atoms. The summed E-state index contributed by atoms with van der Waals surface area (Å²) in [7, 11) is -6.79. The van der Waals surface area contributed by atoms with Gasteiger partial charge in [-0.1, -0.05) is 93.1 Å². The van der Waals surface area contributed by atoms with Crippen LogP contribution in [0.15, 0.2) is 121 Å². The number of hydrogen-bond acceptors (Lipinski definition) is 4. The molecule has 0 aliphatic heterocycles. The molecule has 214 valence electrons. The Labute approximate surface area is 237 Å². The van der Waals surface area contributed by atoms with Crippen molar-refractivity contribution in [3.63, 3.8) is 0 Å². The molecule has 0 spiro atoms. The molecule has 6 nitrogen and oxygen atoms in total. The predicted molar refractivity (Wildman–Crippen MR) is 166 cm³/mol. The van der Waals surface area contributed by atoms with Crippen LogP contribution in [0.3, 0.4) is 0 Å². The Morgan fingerprint density at radius 3 is 1.05 bits per heavy atom. The molecule has 0 radical (unpaired) electrons. The summed E-state index contributed by atoms with van der Waals surface area (Å²) in [6, 6.07) is 34.8. The van der Waals surface area contributed by atoms with E-state index < -0.39 is 14.7 Å². The predicted octanol–water partition coefficient (Wildman–Crippen LogP) is 4.98. The first-order chi connectivity index (χ1) is 19.2. The molecule has 4 aromatic carbocycles. The van der Waals surface area contributed by atoms with Gasteiger partial charge >= 0.3 is 0 Å². The lowest BCUT2D eigenvalue weighted by Gasteiger charge is -2.17. The van der Waals surface area contributed by atoms with Gasteiger partial charge in [0.05, 0.1) is 6.10 Å². The summed E-state index contributed by atoms with van der Waals surface area (Å²) in [5.41, 5.74) is 0. The molecule has 0 aliphatic carbocycles. The highest BCUT2D eigenvalue weighted by molar-refractivity contribution is 7.73. The zero-order valence-corrected chi connectivity index (χ0v) is 24.8. The van der Waals surface area contributed by atoms with Crippen LogP contribution in [0, 0.1) is 5.92 Å². The summed E-state index contributed by atoms with van der Waals surface area (Å²) in [5.74, 6) is 0.0833. The Hall–Kier alpha value is -2.82. The molecule has 0 fully saturated rings. The van der Waals surface area contributed by atoms with E-state index in [4.69, 9.17) is 5.11 Å². The van der Waals surface area contributed by atoms with E-state index >= 15 is 0 Å². The molecule has 0 aromatic heterocycles. The van der Waals surface area contributed by atoms with Gasteiger partial charge in [0.25, 0.3) is 14.7 Å². The molecule has 2 atom stereocenters. The van der Waals surface area contributed by atoms with E-state index in [2.05, 4.69) is 0 Å². The molecule has 40 heavy (non-hydrogen) atoms. The second-order valence-corrected chi connectivity index (χ2v) is 13.6. The molecule has 0 aliphatic rings. The molecule has 0 saturated heterocycles. The van der Waals surface area contributed by atoms with Crippen LogP contribution in [0.4, 0.5) is 0 Å². The Morgan fingerprint density at radius 2 is 0.850 bits per heavy atom. The normalized spacial score (nSPS) is 12.7. The van der Waals surface area contributed by atoms with E-state index in [1.165, 1.54) is 0 Å². The fourth-order valence-electron chi connectivity index (χ4n) is 3.87. The summed E-state index contributed by atoms with van der Waals surface area (Å²) in [6.45, 7) is 4.13. The van der Waals surface area contributed by atoms with Crippen LogP contribution < -0.4 is 21.2 Å². The lowest BCUT2D eigenvalue weighted by Crippen LogP contribution is -2.22. The van der Waals surface area contributed by atoms with Crippen molar-refractivity contribution >= 4 is 36.0 Å². The smallest absolute Gasteiger partial charge is 0.258 e. The van der Waals surface area contributed by atoms with Crippen molar-refractivity contribution in [2.75, 3.05) is 6.61 Å². The third kappa shape index (κ3) is 9.98. The van der Waals surface area contributed by atoms with E-state index in [9.17, 15) is 24.0 Å². The molecule has 4 N–H and O–H groups in total. The zero-order chi connectivity index (χ0) is 29.4. The average molecular weight is 583 g/mol. The first kappa shape index (κ1) is 33.4. The van der Waals surface area contributed by atoms with Gasteiger partial charge in [0.1, 0.15) is 0 Å². The summed E-state index contributed by atoms with van der Waals surface area (Å²) < 4.78 is 24.3. The number of rotatable bonds is 9. The van der Waals surface area contributed by atoms with Crippen molar-refractivity contribution in [1.82, 2.24) is 0 Å². The summed E-state index contributed by atoms with van der Waals surface area (Å²) in [5, 5.41) is 20.0. The lowest BCUT2D eigenvalue weighted by molar-refractivity contribution is 0.0584. The van der Waals surface area contributed by atoms with Crippen LogP contribution in [-0.2, 0) is 9.13 Å². The maximum atomic E-state index is 12.2. The molecule has 4 aromatic rings. The van der Waals surface area contributed by atoms with Gasteiger partial charge in [0, 0.05) is 33.7 Å². The molecule has 8 heteroatoms. The Bertz CT molecular complexity index is 1130. The molecular formula is C32H40O6P2. The van der Waals surface area contributed by atoms with E-state index in [-0.39, 0.29) is 18.6 Å². The van der Waals surface area contributed by atoms with E-state index in [0.717, 1.165) is 19.3 Å². The van der Waals surface area contributed by atoms with Gasteiger partial charge in [-0.2, -0.15) is 0 Å². The van der Waals surface area contributed by atoms with Gasteiger partial charge in [-0.05, 0) is 61.4 Å². The minimum atomic E-state index is -3.40. The number of hydrogen-bond donors (Lipinski definition) is 4. The molecule has 4 rings (SSSR count). The first-order valence-electron chi connectivity index (χ1n) is 13.3. The van der Waals surface area contributed by atoms with Crippen molar-refractivity contribution in [1.29, 1.82) is 0 Å². The van der Waals surface area contributed by atoms with Crippen molar-refractivity contribution in [3.8, 4) is 0 Å². The Balaban J connectivity index is 0.000000216. The molecule has 0 heterocycles. The highest BCUT2D eigenvalue weighted by Gasteiger charge is 2.23. The lowest BCUT2D eigenvalue weighted by atomic mass is 9.97. The minimum Gasteiger partial charge on any atom is -0.396 e. The van der Waals surface area contributed by atoms with Gasteiger partial charge < -0.3 is 20.0 Å². The van der Waals surface area contributed by atoms with Crippen LogP contribution in [0.25, 0.3) is 0 Å². The van der Waals surface area contributed by atoms with Gasteiger partial charge in [-0.25, -0.2) is 0 Å². The third-order valence-electron chi connectivity index (χ3n) is 6.31. The van der Waals surface area contributed by atoms with Gasteiger partial charge in [0.15, 0.2) is 0 Å². The minimum absolute atomic E-state index is 0.0833. The third-order valence-corrected chi connectivity index (χ3v) is 10.3. The van der Waals surface area contributed by atoms with Crippen molar-refractivity contribution in [3.05, 3.63) is 121 Å². The Morgan fingerprint density at radius 1 is 0.575 bits per heavy atom. The number of benzene rings is 4. The number of aliphatic hydroxyl groups excluding tert-OH is 2. The second kappa shape index (κ2) is 17.1. The fourth-order valence-corrected chi connectivity index (χ4v) is 6.77. The maximum absolute atomic E-state index is 12.2. The van der Waals surface area contributed by atoms with Crippen molar-refractivity contribution in [2.24, 2.45) is 5.92 Å². The summed E-state index contributed by atoms with van der Waals surface area (Å²) in [6.07, 6.45) is 2.34. The number of aliphatic hydroxyl groups is 2. The fraction of sp³-hybridized carbons (Fsp3) is 0.250. The first-order valence-corrected chi connectivity index (χ1v) is 16.7. The van der Waals surface area contributed by atoms with Crippen LogP contribution >= 0.6 is 14.7 Å².